The Hall–Kier alpha value is -0.280. The van der Waals surface area contributed by atoms with Crippen molar-refractivity contribution < 1.29 is 4.79 Å². The molecule has 0 aromatic heterocycles. The summed E-state index contributed by atoms with van der Waals surface area (Å²) in [5, 5.41) is 6.50. The van der Waals surface area contributed by atoms with Gasteiger partial charge in [0.25, 0.3) is 0 Å². The minimum atomic E-state index is 0. The number of rotatable bonds is 4. The third-order valence-electron chi connectivity index (χ3n) is 4.68. The smallest absolute Gasteiger partial charge is 0.237 e. The fourth-order valence-corrected chi connectivity index (χ4v) is 3.25. The van der Waals surface area contributed by atoms with Crippen LogP contribution in [0.4, 0.5) is 0 Å². The lowest BCUT2D eigenvalue weighted by molar-refractivity contribution is -0.124. The highest BCUT2D eigenvalue weighted by Gasteiger charge is 2.33. The van der Waals surface area contributed by atoms with Crippen molar-refractivity contribution in [1.82, 2.24) is 10.6 Å². The zero-order chi connectivity index (χ0) is 12.1. The van der Waals surface area contributed by atoms with E-state index in [1.54, 1.807) is 0 Å². The Balaban J connectivity index is 0.00000162. The molecule has 0 radical (unpaired) electrons. The first-order valence-corrected chi connectivity index (χ1v) is 7.27. The van der Waals surface area contributed by atoms with Crippen molar-refractivity contribution in [2.75, 3.05) is 13.1 Å². The summed E-state index contributed by atoms with van der Waals surface area (Å²) in [6, 6.07) is 0.0686. The highest BCUT2D eigenvalue weighted by atomic mass is 35.5. The molecule has 0 unspecified atom stereocenters. The topological polar surface area (TPSA) is 41.1 Å². The molecule has 4 heteroatoms. The van der Waals surface area contributed by atoms with Crippen molar-refractivity contribution >= 4 is 18.3 Å². The molecule has 1 amide bonds. The third kappa shape index (κ3) is 3.86. The number of nitrogens with one attached hydrogen (secondary N) is 2. The summed E-state index contributed by atoms with van der Waals surface area (Å²) in [5.41, 5.74) is 0.407. The molecule has 3 nitrogen and oxygen atoms in total. The minimum absolute atomic E-state index is 0. The highest BCUT2D eigenvalue weighted by molar-refractivity contribution is 5.85. The van der Waals surface area contributed by atoms with Crippen LogP contribution in [0.2, 0.25) is 0 Å². The van der Waals surface area contributed by atoms with Crippen LogP contribution in [-0.2, 0) is 4.79 Å². The third-order valence-corrected chi connectivity index (χ3v) is 4.68. The molecule has 0 aromatic rings. The van der Waals surface area contributed by atoms with E-state index in [-0.39, 0.29) is 24.4 Å². The van der Waals surface area contributed by atoms with Crippen molar-refractivity contribution in [2.45, 2.75) is 64.3 Å². The van der Waals surface area contributed by atoms with E-state index in [9.17, 15) is 4.79 Å². The van der Waals surface area contributed by atoms with Gasteiger partial charge in [-0.3, -0.25) is 4.79 Å². The van der Waals surface area contributed by atoms with Crippen molar-refractivity contribution in [2.24, 2.45) is 5.41 Å². The lowest BCUT2D eigenvalue weighted by Crippen LogP contribution is -2.48. The molecule has 1 saturated heterocycles. The predicted octanol–water partition coefficient (Wildman–Crippen LogP) is 2.64. The molecular formula is C14H27ClN2O. The number of halogens is 1. The Bertz CT molecular complexity index is 259. The van der Waals surface area contributed by atoms with Crippen molar-refractivity contribution in [1.29, 1.82) is 0 Å². The second-order valence-electron chi connectivity index (χ2n) is 5.78. The molecular weight excluding hydrogens is 248 g/mol. The van der Waals surface area contributed by atoms with E-state index in [1.807, 2.05) is 0 Å². The Morgan fingerprint density at radius 2 is 2.00 bits per heavy atom. The first kappa shape index (κ1) is 15.8. The number of piperidine rings is 1. The number of carbonyl (C=O) groups is 1. The van der Waals surface area contributed by atoms with Crippen LogP contribution < -0.4 is 10.6 Å². The molecule has 2 fully saturated rings. The lowest BCUT2D eigenvalue weighted by Gasteiger charge is -2.29. The van der Waals surface area contributed by atoms with Gasteiger partial charge in [0.2, 0.25) is 5.91 Å². The second-order valence-corrected chi connectivity index (χ2v) is 5.78. The zero-order valence-corrected chi connectivity index (χ0v) is 12.3. The predicted molar refractivity (Wildman–Crippen MR) is 77.1 cm³/mol. The van der Waals surface area contributed by atoms with Gasteiger partial charge in [0.1, 0.15) is 0 Å². The zero-order valence-electron chi connectivity index (χ0n) is 11.5. The first-order valence-electron chi connectivity index (χ1n) is 7.27. The lowest BCUT2D eigenvalue weighted by atomic mass is 9.83. The quantitative estimate of drug-likeness (QED) is 0.828. The Kier molecular flexibility index (Phi) is 6.44. The molecule has 2 N–H and O–H groups in total. The highest BCUT2D eigenvalue weighted by Crippen LogP contribution is 2.40. The number of carbonyl (C=O) groups excluding carboxylic acids is 1. The SMILES string of the molecule is CCC1(CNC(=O)[C@H]2CCCCN2)CCCC1.Cl. The van der Waals surface area contributed by atoms with Crippen molar-refractivity contribution in [3.8, 4) is 0 Å². The molecule has 0 spiro atoms. The molecule has 106 valence electrons. The van der Waals surface area contributed by atoms with Crippen LogP contribution in [0.5, 0.6) is 0 Å². The Morgan fingerprint density at radius 3 is 2.56 bits per heavy atom. The van der Waals surface area contributed by atoms with Crippen molar-refractivity contribution in [3.63, 3.8) is 0 Å². The minimum Gasteiger partial charge on any atom is -0.354 e. The van der Waals surface area contributed by atoms with Crippen LogP contribution in [0.3, 0.4) is 0 Å². The summed E-state index contributed by atoms with van der Waals surface area (Å²) < 4.78 is 0. The van der Waals surface area contributed by atoms with Gasteiger partial charge in [0.05, 0.1) is 6.04 Å². The summed E-state index contributed by atoms with van der Waals surface area (Å²) in [7, 11) is 0. The maximum absolute atomic E-state index is 12.0. The van der Waals surface area contributed by atoms with Gasteiger partial charge in [0.15, 0.2) is 0 Å². The number of hydrogen-bond donors (Lipinski definition) is 2. The molecule has 0 bridgehead atoms. The van der Waals surface area contributed by atoms with Crippen LogP contribution in [0.1, 0.15) is 58.3 Å². The van der Waals surface area contributed by atoms with Gasteiger partial charge >= 0.3 is 0 Å². The molecule has 1 atom stereocenters. The van der Waals surface area contributed by atoms with Crippen LogP contribution in [0.25, 0.3) is 0 Å². The summed E-state index contributed by atoms with van der Waals surface area (Å²) in [6.07, 6.45) is 9.86. The van der Waals surface area contributed by atoms with E-state index in [2.05, 4.69) is 17.6 Å². The molecule has 0 aromatic carbocycles. The largest absolute Gasteiger partial charge is 0.354 e. The van der Waals surface area contributed by atoms with Gasteiger partial charge in [-0.05, 0) is 44.1 Å². The average Bonchev–Trinajstić information content (AvgIpc) is 2.86. The van der Waals surface area contributed by atoms with Crippen LogP contribution in [-0.4, -0.2) is 25.0 Å². The van der Waals surface area contributed by atoms with E-state index >= 15 is 0 Å². The van der Waals surface area contributed by atoms with Gasteiger partial charge in [-0.1, -0.05) is 26.2 Å². The molecule has 18 heavy (non-hydrogen) atoms. The molecule has 1 aliphatic heterocycles. The van der Waals surface area contributed by atoms with Crippen LogP contribution in [0, 0.1) is 5.41 Å². The summed E-state index contributed by atoms with van der Waals surface area (Å²) in [4.78, 5) is 12.0. The second kappa shape index (κ2) is 7.34. The van der Waals surface area contributed by atoms with E-state index in [0.717, 1.165) is 19.5 Å². The maximum Gasteiger partial charge on any atom is 0.237 e. The summed E-state index contributed by atoms with van der Waals surface area (Å²) >= 11 is 0. The van der Waals surface area contributed by atoms with Gasteiger partial charge in [0, 0.05) is 6.54 Å². The van der Waals surface area contributed by atoms with E-state index in [0.29, 0.717) is 5.41 Å². The standard InChI is InChI=1S/C14H26N2O.ClH/c1-2-14(8-4-5-9-14)11-16-13(17)12-7-3-6-10-15-12;/h12,15H,2-11H2,1H3,(H,16,17);1H/t12-;/m1./s1. The molecule has 1 aliphatic carbocycles. The monoisotopic (exact) mass is 274 g/mol. The molecule has 2 rings (SSSR count). The first-order chi connectivity index (χ1) is 8.26. The van der Waals surface area contributed by atoms with Crippen LogP contribution >= 0.6 is 12.4 Å². The Morgan fingerprint density at radius 1 is 1.28 bits per heavy atom. The molecule has 2 aliphatic rings. The van der Waals surface area contributed by atoms with Crippen LogP contribution in [0.15, 0.2) is 0 Å². The fraction of sp³-hybridized carbons (Fsp3) is 0.929. The van der Waals surface area contributed by atoms with Gasteiger partial charge in [-0.25, -0.2) is 0 Å². The maximum atomic E-state index is 12.0. The van der Waals surface area contributed by atoms with E-state index in [4.69, 9.17) is 0 Å². The fourth-order valence-electron chi connectivity index (χ4n) is 3.25. The van der Waals surface area contributed by atoms with Gasteiger partial charge in [-0.15, -0.1) is 12.4 Å². The summed E-state index contributed by atoms with van der Waals surface area (Å²) in [6.45, 7) is 4.15. The Labute approximate surface area is 117 Å². The van der Waals surface area contributed by atoms with Gasteiger partial charge < -0.3 is 10.6 Å². The molecule has 1 heterocycles. The van der Waals surface area contributed by atoms with E-state index < -0.39 is 0 Å². The number of hydrogen-bond acceptors (Lipinski definition) is 2. The summed E-state index contributed by atoms with van der Waals surface area (Å²) in [5.74, 6) is 0.226. The van der Waals surface area contributed by atoms with Gasteiger partial charge in [-0.2, -0.15) is 0 Å². The van der Waals surface area contributed by atoms with E-state index in [1.165, 1.54) is 44.9 Å². The number of amides is 1. The normalized spacial score (nSPS) is 26.4. The average molecular weight is 275 g/mol. The molecule has 1 saturated carbocycles. The van der Waals surface area contributed by atoms with Crippen molar-refractivity contribution in [3.05, 3.63) is 0 Å².